The Bertz CT molecular complexity index is 1580. The van der Waals surface area contributed by atoms with E-state index in [1.54, 1.807) is 19.9 Å². The molecule has 0 saturated heterocycles. The van der Waals surface area contributed by atoms with Gasteiger partial charge in [0.15, 0.2) is 11.5 Å². The quantitative estimate of drug-likeness (QED) is 0.448. The molecule has 3 N–H and O–H groups in total. The molecule has 3 fully saturated rings. The monoisotopic (exact) mass is 578 g/mol. The lowest BCUT2D eigenvalue weighted by Crippen LogP contribution is -2.69. The summed E-state index contributed by atoms with van der Waals surface area (Å²) < 4.78 is 28.7. The predicted molar refractivity (Wildman–Crippen MR) is 146 cm³/mol. The number of carboxylic acids is 1. The molecule has 0 radical (unpaired) electrons. The Hall–Kier alpha value is -4.12. The van der Waals surface area contributed by atoms with Gasteiger partial charge in [0.05, 0.1) is 11.7 Å². The van der Waals surface area contributed by atoms with E-state index < -0.39 is 52.0 Å². The lowest BCUT2D eigenvalue weighted by atomic mass is 9.45. The number of aliphatic carboxylic acids is 1. The van der Waals surface area contributed by atoms with Crippen LogP contribution in [0.15, 0.2) is 65.0 Å². The van der Waals surface area contributed by atoms with Crippen LogP contribution in [0.25, 0.3) is 0 Å². The topological polar surface area (TPSA) is 156 Å². The van der Waals surface area contributed by atoms with Crippen molar-refractivity contribution in [2.24, 2.45) is 22.7 Å². The Morgan fingerprint density at radius 2 is 1.81 bits per heavy atom. The van der Waals surface area contributed by atoms with Crippen LogP contribution in [0, 0.1) is 22.7 Å². The summed E-state index contributed by atoms with van der Waals surface area (Å²) in [4.78, 5) is 49.5. The predicted octanol–water partition coefficient (Wildman–Crippen LogP) is 3.91. The van der Waals surface area contributed by atoms with E-state index in [1.807, 2.05) is 0 Å². The number of carboxylic acid groups (broad SMARTS) is 1. The molecule has 4 aliphatic rings. The van der Waals surface area contributed by atoms with Gasteiger partial charge >= 0.3 is 11.9 Å². The first-order valence-corrected chi connectivity index (χ1v) is 14.0. The number of nitrogens with zero attached hydrogens (tertiary/aromatic N) is 1. The van der Waals surface area contributed by atoms with Crippen molar-refractivity contribution in [2.45, 2.75) is 63.3 Å². The molecule has 1 aromatic heterocycles. The summed E-state index contributed by atoms with van der Waals surface area (Å²) >= 11 is 0. The number of esters is 1. The van der Waals surface area contributed by atoms with Crippen molar-refractivity contribution >= 4 is 17.7 Å². The minimum absolute atomic E-state index is 0.0264. The second-order valence-electron chi connectivity index (χ2n) is 12.2. The number of aliphatic hydroxyl groups is 1. The van der Waals surface area contributed by atoms with Crippen LogP contribution in [-0.4, -0.2) is 55.5 Å². The third-order valence-electron chi connectivity index (χ3n) is 10.3. The summed E-state index contributed by atoms with van der Waals surface area (Å²) in [5.74, 6) is -3.16. The number of hydrogen-bond acceptors (Lipinski definition) is 8. The number of aromatic nitrogens is 2. The van der Waals surface area contributed by atoms with Gasteiger partial charge < -0.3 is 19.7 Å². The first-order valence-electron chi connectivity index (χ1n) is 14.0. The van der Waals surface area contributed by atoms with Crippen LogP contribution < -0.4 is 10.3 Å². The number of fused-ring (bicyclic) bond motifs is 5. The van der Waals surface area contributed by atoms with E-state index in [0.717, 1.165) is 0 Å². The third-order valence-corrected chi connectivity index (χ3v) is 10.3. The molecule has 220 valence electrons. The van der Waals surface area contributed by atoms with Gasteiger partial charge in [0, 0.05) is 28.9 Å². The number of H-pyrrole nitrogens is 1. The fraction of sp³-hybridized carbons (Fsp3) is 0.452. The molecule has 0 bridgehead atoms. The van der Waals surface area contributed by atoms with Gasteiger partial charge in [-0.05, 0) is 81.4 Å². The molecule has 7 atom stereocenters. The van der Waals surface area contributed by atoms with Crippen molar-refractivity contribution in [2.75, 3.05) is 0 Å². The molecule has 3 saturated carbocycles. The van der Waals surface area contributed by atoms with Gasteiger partial charge in [-0.25, -0.2) is 19.1 Å². The van der Waals surface area contributed by atoms with E-state index in [2.05, 4.69) is 10.2 Å². The highest BCUT2D eigenvalue weighted by atomic mass is 19.1. The van der Waals surface area contributed by atoms with Crippen LogP contribution in [0.3, 0.4) is 0 Å². The number of nitrogens with one attached hydrogen (secondary N) is 1. The zero-order chi connectivity index (χ0) is 30.1. The summed E-state index contributed by atoms with van der Waals surface area (Å²) in [5, 5.41) is 28.0. The average molecular weight is 579 g/mol. The van der Waals surface area contributed by atoms with Crippen molar-refractivity contribution in [1.82, 2.24) is 10.2 Å². The standard InChI is InChI=1S/C31H31FN2O8/c1-28-13-11-19(35)15-18(28)5-8-22-21-12-14-30(27(39)40,29(21,2)16-23(36)31(22,28)32)42-26(38)17-3-6-20(7-4-17)41-25-10-9-24(37)33-34-25/h3-4,6-7,9-11,13,15,21-23,36H,5,8,12,14,16H2,1-2H3,(H,33,37)(H,39,40)/t21-,22-,23-,28-,29-,30+,31?/m0/s1. The van der Waals surface area contributed by atoms with E-state index >= 15 is 4.39 Å². The normalized spacial score (nSPS) is 36.7. The van der Waals surface area contributed by atoms with Crippen molar-refractivity contribution in [3.8, 4) is 11.6 Å². The van der Waals surface area contributed by atoms with Gasteiger partial charge in [-0.3, -0.25) is 9.59 Å². The number of alkyl halides is 1. The smallest absolute Gasteiger partial charge is 0.348 e. The number of aromatic amines is 1. The highest BCUT2D eigenvalue weighted by Crippen LogP contribution is 2.70. The first-order chi connectivity index (χ1) is 19.8. The Morgan fingerprint density at radius 1 is 1.07 bits per heavy atom. The number of benzene rings is 1. The van der Waals surface area contributed by atoms with Crippen LogP contribution in [0.2, 0.25) is 0 Å². The minimum atomic E-state index is -2.12. The Morgan fingerprint density at radius 3 is 2.48 bits per heavy atom. The van der Waals surface area contributed by atoms with Crippen molar-refractivity contribution in [3.63, 3.8) is 0 Å². The molecule has 6 rings (SSSR count). The third kappa shape index (κ3) is 3.82. The van der Waals surface area contributed by atoms with Gasteiger partial charge in [0.2, 0.25) is 11.5 Å². The fourth-order valence-electron chi connectivity index (χ4n) is 8.15. The molecule has 10 nitrogen and oxygen atoms in total. The number of ether oxygens (including phenoxy) is 2. The van der Waals surface area contributed by atoms with Crippen molar-refractivity contribution in [3.05, 3.63) is 76.1 Å². The molecule has 1 heterocycles. The van der Waals surface area contributed by atoms with Gasteiger partial charge in [-0.1, -0.05) is 18.6 Å². The van der Waals surface area contributed by atoms with Crippen LogP contribution >= 0.6 is 0 Å². The summed E-state index contributed by atoms with van der Waals surface area (Å²) in [6, 6.07) is 8.43. The Balaban J connectivity index is 1.27. The summed E-state index contributed by atoms with van der Waals surface area (Å²) in [6.45, 7) is 3.37. The zero-order valence-electron chi connectivity index (χ0n) is 23.1. The highest BCUT2D eigenvalue weighted by molar-refractivity contribution is 6.01. The summed E-state index contributed by atoms with van der Waals surface area (Å²) in [6.07, 6.45) is 3.61. The summed E-state index contributed by atoms with van der Waals surface area (Å²) in [7, 11) is 0. The SMILES string of the molecule is C[C@]12C=CC(=O)C=C1CC[C@H]1[C@@H]3CC[C@@](OC(=O)c4ccc(Oc5ccc(=O)[nH]n5)cc4)(C(=O)O)[C@@]3(C)C[C@H](O)C12F. The number of allylic oxidation sites excluding steroid dienone is 4. The largest absolute Gasteiger partial charge is 0.478 e. The minimum Gasteiger partial charge on any atom is -0.478 e. The Kier molecular flexibility index (Phi) is 6.30. The van der Waals surface area contributed by atoms with E-state index in [0.29, 0.717) is 30.6 Å². The zero-order valence-corrected chi connectivity index (χ0v) is 23.1. The van der Waals surface area contributed by atoms with E-state index in [9.17, 15) is 29.4 Å². The number of halogens is 1. The summed E-state index contributed by atoms with van der Waals surface area (Å²) in [5.41, 5.74) is -6.23. The second kappa shape index (κ2) is 9.45. The number of aliphatic hydroxyl groups excluding tert-OH is 1. The van der Waals surface area contributed by atoms with E-state index in [4.69, 9.17) is 9.47 Å². The number of hydrogen-bond donors (Lipinski definition) is 3. The number of rotatable bonds is 5. The molecule has 1 aromatic carbocycles. The number of carbonyl (C=O) groups excluding carboxylic acids is 2. The van der Waals surface area contributed by atoms with Crippen molar-refractivity contribution < 1.29 is 38.5 Å². The molecule has 42 heavy (non-hydrogen) atoms. The van der Waals surface area contributed by atoms with Gasteiger partial charge in [-0.15, -0.1) is 5.10 Å². The van der Waals surface area contributed by atoms with E-state index in [1.165, 1.54) is 48.6 Å². The maximum absolute atomic E-state index is 17.3. The first kappa shape index (κ1) is 28.0. The molecule has 11 heteroatoms. The Labute approximate surface area is 240 Å². The molecule has 0 spiro atoms. The van der Waals surface area contributed by atoms with Crippen LogP contribution in [0.1, 0.15) is 56.3 Å². The van der Waals surface area contributed by atoms with Crippen LogP contribution in [0.5, 0.6) is 11.6 Å². The van der Waals surface area contributed by atoms with Crippen LogP contribution in [-0.2, 0) is 14.3 Å². The maximum atomic E-state index is 17.3. The van der Waals surface area contributed by atoms with Gasteiger partial charge in [0.1, 0.15) is 5.75 Å². The van der Waals surface area contributed by atoms with E-state index in [-0.39, 0.29) is 35.6 Å². The number of ketones is 1. The van der Waals surface area contributed by atoms with Crippen LogP contribution in [0.4, 0.5) is 4.39 Å². The molecule has 0 amide bonds. The average Bonchev–Trinajstić information content (AvgIpc) is 3.24. The molecule has 4 aliphatic carbocycles. The lowest BCUT2D eigenvalue weighted by molar-refractivity contribution is -0.222. The van der Waals surface area contributed by atoms with Crippen molar-refractivity contribution in [1.29, 1.82) is 0 Å². The lowest BCUT2D eigenvalue weighted by Gasteiger charge is -2.62. The molecular weight excluding hydrogens is 547 g/mol. The highest BCUT2D eigenvalue weighted by Gasteiger charge is 2.76. The molecule has 2 aromatic rings. The number of carbonyl (C=O) groups is 3. The fourth-order valence-corrected chi connectivity index (χ4v) is 8.15. The van der Waals surface area contributed by atoms with Gasteiger partial charge in [0.25, 0.3) is 5.56 Å². The maximum Gasteiger partial charge on any atom is 0.348 e. The van der Waals surface area contributed by atoms with Gasteiger partial charge in [-0.2, -0.15) is 0 Å². The molecular formula is C31H31FN2O8. The molecule has 1 unspecified atom stereocenters. The molecule has 0 aliphatic heterocycles. The second-order valence-corrected chi connectivity index (χ2v) is 12.2.